The van der Waals surface area contributed by atoms with Crippen LogP contribution in [0, 0.1) is 0 Å². The van der Waals surface area contributed by atoms with Crippen LogP contribution in [0.2, 0.25) is 0 Å². The number of benzene rings is 2. The van der Waals surface area contributed by atoms with Gasteiger partial charge in [0.2, 0.25) is 0 Å². The largest absolute Gasteiger partial charge is 0.325 e. The van der Waals surface area contributed by atoms with Gasteiger partial charge < -0.3 is 10.0 Å². The lowest BCUT2D eigenvalue weighted by molar-refractivity contribution is 0.766. The van der Waals surface area contributed by atoms with Crippen LogP contribution in [0.3, 0.4) is 0 Å². The molecule has 4 rings (SSSR count). The van der Waals surface area contributed by atoms with Crippen molar-refractivity contribution in [1.82, 2.24) is 5.32 Å². The first-order valence-corrected chi connectivity index (χ1v) is 5.96. The molecule has 2 aliphatic rings. The summed E-state index contributed by atoms with van der Waals surface area (Å²) in [7, 11) is 0. The molecule has 0 fully saturated rings. The minimum atomic E-state index is 1.01. The number of nitrogens with one attached hydrogen (secondary N) is 2. The fourth-order valence-electron chi connectivity index (χ4n) is 2.52. The van der Waals surface area contributed by atoms with Crippen LogP contribution in [0.4, 0.5) is 5.69 Å². The first-order chi connectivity index (χ1) is 7.43. The molecule has 2 aromatic carbocycles. The van der Waals surface area contributed by atoms with E-state index in [-0.39, 0.29) is 0 Å². The van der Waals surface area contributed by atoms with Gasteiger partial charge in [0.05, 0.1) is 5.69 Å². The van der Waals surface area contributed by atoms with E-state index >= 15 is 0 Å². The highest BCUT2D eigenvalue weighted by molar-refractivity contribution is 8.01. The highest BCUT2D eigenvalue weighted by Crippen LogP contribution is 2.44. The maximum Gasteiger partial charge on any atom is 0.0534 e. The van der Waals surface area contributed by atoms with Gasteiger partial charge in [0, 0.05) is 23.4 Å². The smallest absolute Gasteiger partial charge is 0.0534 e. The first-order valence-electron chi connectivity index (χ1n) is 5.14. The van der Waals surface area contributed by atoms with Crippen molar-refractivity contribution in [3.05, 3.63) is 35.4 Å². The van der Waals surface area contributed by atoms with E-state index in [1.165, 1.54) is 32.5 Å². The summed E-state index contributed by atoms with van der Waals surface area (Å²) >= 11 is 1.73. The Morgan fingerprint density at radius 1 is 1.20 bits per heavy atom. The summed E-state index contributed by atoms with van der Waals surface area (Å²) in [5.41, 5.74) is 4.22. The topological polar surface area (TPSA) is 24.1 Å². The van der Waals surface area contributed by atoms with Crippen molar-refractivity contribution >= 4 is 28.4 Å². The van der Waals surface area contributed by atoms with Crippen LogP contribution >= 0.6 is 11.9 Å². The van der Waals surface area contributed by atoms with Crippen molar-refractivity contribution in [3.63, 3.8) is 0 Å². The summed E-state index contributed by atoms with van der Waals surface area (Å²) < 4.78 is 3.37. The van der Waals surface area contributed by atoms with Gasteiger partial charge in [-0.1, -0.05) is 12.1 Å². The monoisotopic (exact) mass is 214 g/mol. The highest BCUT2D eigenvalue weighted by atomic mass is 32.2. The summed E-state index contributed by atoms with van der Waals surface area (Å²) in [5, 5.41) is 6.25. The predicted octanol–water partition coefficient (Wildman–Crippen LogP) is 2.88. The molecule has 0 radical (unpaired) electrons. The van der Waals surface area contributed by atoms with Crippen molar-refractivity contribution in [3.8, 4) is 0 Å². The molecular formula is C12H10N2S. The van der Waals surface area contributed by atoms with Gasteiger partial charge in [0.1, 0.15) is 0 Å². The standard InChI is InChI=1S/C12H10N2S/c1-2-8-9-6-13-5-7(9)4-11-12(8)10(3-1)14-15-11/h1-4,13-14H,5-6H2. The molecule has 0 aromatic heterocycles. The zero-order chi connectivity index (χ0) is 9.83. The third kappa shape index (κ3) is 0.945. The molecule has 0 saturated heterocycles. The van der Waals surface area contributed by atoms with E-state index in [1.807, 2.05) is 0 Å². The SMILES string of the molecule is c1cc2c3c(cc4c(c3c1)CNC4)SN2. The molecule has 2 aromatic rings. The Morgan fingerprint density at radius 3 is 3.20 bits per heavy atom. The normalized spacial score (nSPS) is 16.8. The number of rotatable bonds is 0. The van der Waals surface area contributed by atoms with Gasteiger partial charge >= 0.3 is 0 Å². The molecule has 3 heteroatoms. The van der Waals surface area contributed by atoms with Gasteiger partial charge in [0.15, 0.2) is 0 Å². The lowest BCUT2D eigenvalue weighted by Gasteiger charge is -2.05. The predicted molar refractivity (Wildman–Crippen MR) is 64.0 cm³/mol. The fourth-order valence-corrected chi connectivity index (χ4v) is 3.44. The molecule has 2 nitrogen and oxygen atoms in total. The fraction of sp³-hybridized carbons (Fsp3) is 0.167. The Balaban J connectivity index is 2.24. The van der Waals surface area contributed by atoms with E-state index in [0.29, 0.717) is 0 Å². The molecule has 74 valence electrons. The lowest BCUT2D eigenvalue weighted by atomic mass is 10.00. The van der Waals surface area contributed by atoms with E-state index in [0.717, 1.165) is 13.1 Å². The van der Waals surface area contributed by atoms with E-state index < -0.39 is 0 Å². The van der Waals surface area contributed by atoms with Gasteiger partial charge in [0.25, 0.3) is 0 Å². The van der Waals surface area contributed by atoms with E-state index in [2.05, 4.69) is 34.3 Å². The Hall–Kier alpha value is -1.19. The average molecular weight is 214 g/mol. The minimum absolute atomic E-state index is 1.01. The van der Waals surface area contributed by atoms with E-state index in [9.17, 15) is 0 Å². The van der Waals surface area contributed by atoms with Crippen molar-refractivity contribution < 1.29 is 0 Å². The molecule has 2 N–H and O–H groups in total. The Kier molecular flexibility index (Phi) is 1.43. The van der Waals surface area contributed by atoms with Crippen LogP contribution in [0.25, 0.3) is 10.8 Å². The van der Waals surface area contributed by atoms with Gasteiger partial charge in [-0.15, -0.1) is 0 Å². The van der Waals surface area contributed by atoms with E-state index in [4.69, 9.17) is 0 Å². The first kappa shape index (κ1) is 8.02. The van der Waals surface area contributed by atoms with Crippen LogP contribution in [-0.2, 0) is 13.1 Å². The Labute approximate surface area is 92.2 Å². The van der Waals surface area contributed by atoms with Gasteiger partial charge in [-0.25, -0.2) is 0 Å². The van der Waals surface area contributed by atoms with Crippen LogP contribution in [-0.4, -0.2) is 0 Å². The molecule has 2 heterocycles. The summed E-state index contributed by atoms with van der Waals surface area (Å²) in [6, 6.07) is 8.85. The third-order valence-corrected chi connectivity index (χ3v) is 4.08. The van der Waals surface area contributed by atoms with Crippen LogP contribution in [0.15, 0.2) is 29.2 Å². The summed E-state index contributed by atoms with van der Waals surface area (Å²) in [6.07, 6.45) is 0. The number of hydrogen-bond donors (Lipinski definition) is 2. The number of hydrogen-bond acceptors (Lipinski definition) is 3. The maximum absolute atomic E-state index is 3.42. The molecule has 0 unspecified atom stereocenters. The van der Waals surface area contributed by atoms with Crippen LogP contribution < -0.4 is 10.0 Å². The molecule has 15 heavy (non-hydrogen) atoms. The second kappa shape index (κ2) is 2.68. The molecule has 0 atom stereocenters. The van der Waals surface area contributed by atoms with Gasteiger partial charge in [-0.3, -0.25) is 0 Å². The second-order valence-corrected chi connectivity index (χ2v) is 4.90. The molecule has 0 spiro atoms. The van der Waals surface area contributed by atoms with Crippen molar-refractivity contribution in [2.45, 2.75) is 18.0 Å². The molecule has 0 bridgehead atoms. The number of fused-ring (bicyclic) bond motifs is 2. The summed E-state index contributed by atoms with van der Waals surface area (Å²) in [4.78, 5) is 1.38. The zero-order valence-electron chi connectivity index (χ0n) is 8.13. The second-order valence-electron chi connectivity index (χ2n) is 4.05. The lowest BCUT2D eigenvalue weighted by Crippen LogP contribution is -2.00. The molecule has 0 amide bonds. The quantitative estimate of drug-likeness (QED) is 0.659. The number of anilines is 1. The van der Waals surface area contributed by atoms with Crippen molar-refractivity contribution in [2.75, 3.05) is 4.72 Å². The van der Waals surface area contributed by atoms with Crippen molar-refractivity contribution in [1.29, 1.82) is 0 Å². The van der Waals surface area contributed by atoms with Crippen molar-refractivity contribution in [2.24, 2.45) is 0 Å². The summed E-state index contributed by atoms with van der Waals surface area (Å²) in [6.45, 7) is 2.03. The Morgan fingerprint density at radius 2 is 2.20 bits per heavy atom. The zero-order valence-corrected chi connectivity index (χ0v) is 8.95. The Bertz CT molecular complexity index is 577. The highest BCUT2D eigenvalue weighted by Gasteiger charge is 2.21. The average Bonchev–Trinajstić information content (AvgIpc) is 2.87. The molecular weight excluding hydrogens is 204 g/mol. The van der Waals surface area contributed by atoms with Crippen LogP contribution in [0.5, 0.6) is 0 Å². The minimum Gasteiger partial charge on any atom is -0.325 e. The molecule has 0 saturated carbocycles. The summed E-state index contributed by atoms with van der Waals surface area (Å²) in [5.74, 6) is 0. The van der Waals surface area contributed by atoms with Crippen LogP contribution in [0.1, 0.15) is 11.1 Å². The maximum atomic E-state index is 3.42. The van der Waals surface area contributed by atoms with Gasteiger partial charge in [-0.05, 0) is 40.6 Å². The third-order valence-electron chi connectivity index (χ3n) is 3.22. The van der Waals surface area contributed by atoms with E-state index in [1.54, 1.807) is 11.9 Å². The van der Waals surface area contributed by atoms with Gasteiger partial charge in [-0.2, -0.15) is 0 Å². The molecule has 0 aliphatic carbocycles. The molecule has 2 aliphatic heterocycles.